The van der Waals surface area contributed by atoms with Crippen molar-refractivity contribution < 1.29 is 50.0 Å². The maximum absolute atomic E-state index is 9.88. The van der Waals surface area contributed by atoms with Gasteiger partial charge in [0.15, 0.2) is 12.6 Å². The lowest BCUT2D eigenvalue weighted by atomic mass is 9.97. The summed E-state index contributed by atoms with van der Waals surface area (Å²) in [6, 6.07) is -1.22. The number of hydrogen-bond donors (Lipinski definition) is 8. The smallest absolute Gasteiger partial charge is 0.189 e. The van der Waals surface area contributed by atoms with Crippen LogP contribution in [0.15, 0.2) is 0 Å². The lowest BCUT2D eigenvalue weighted by molar-refractivity contribution is -0.361. The van der Waals surface area contributed by atoms with E-state index in [0.29, 0.717) is 0 Å². The highest BCUT2D eigenvalue weighted by atomic mass is 16.8. The number of aliphatic hydroxyl groups is 7. The zero-order valence-electron chi connectivity index (χ0n) is 12.1. The van der Waals surface area contributed by atoms with E-state index in [1.807, 2.05) is 0 Å². The molecule has 0 aliphatic carbocycles. The molecule has 0 radical (unpaired) electrons. The molecule has 0 unspecified atom stereocenters. The van der Waals surface area contributed by atoms with E-state index in [4.69, 9.17) is 30.2 Å². The molecule has 0 aromatic rings. The highest BCUT2D eigenvalue weighted by Gasteiger charge is 2.48. The van der Waals surface area contributed by atoms with Crippen LogP contribution in [0.4, 0.5) is 0 Å². The van der Waals surface area contributed by atoms with Crippen molar-refractivity contribution in [2.45, 2.75) is 61.3 Å². The monoisotopic (exact) mass is 341 g/mol. The van der Waals surface area contributed by atoms with Gasteiger partial charge in [0, 0.05) is 0 Å². The van der Waals surface area contributed by atoms with Gasteiger partial charge < -0.3 is 55.7 Å². The largest absolute Gasteiger partial charge is 0.394 e. The molecular weight excluding hydrogens is 318 g/mol. The van der Waals surface area contributed by atoms with E-state index in [1.54, 1.807) is 0 Å². The van der Waals surface area contributed by atoms with Gasteiger partial charge in [0.2, 0.25) is 0 Å². The zero-order valence-corrected chi connectivity index (χ0v) is 12.1. The lowest BCUT2D eigenvalue weighted by Gasteiger charge is -2.45. The molecule has 11 heteroatoms. The van der Waals surface area contributed by atoms with Crippen LogP contribution in [-0.2, 0) is 14.2 Å². The van der Waals surface area contributed by atoms with E-state index in [-0.39, 0.29) is 0 Å². The van der Waals surface area contributed by atoms with Crippen molar-refractivity contribution in [3.63, 3.8) is 0 Å². The standard InChI is InChI=1S/C12H23NO10/c13-5-8(18)6(16)3(1-14)21-11(5)23-12-10(20)9(19)7(17)4(2-15)22-12/h3-12,14-20H,1-2,13H2/t3-,4-,5+,6-,7-,8-,9+,10-,11-,12-/m1/s1. The van der Waals surface area contributed by atoms with Gasteiger partial charge in [-0.15, -0.1) is 0 Å². The van der Waals surface area contributed by atoms with Gasteiger partial charge in [-0.3, -0.25) is 0 Å². The molecule has 9 N–H and O–H groups in total. The van der Waals surface area contributed by atoms with Crippen LogP contribution < -0.4 is 5.73 Å². The number of aliphatic hydroxyl groups excluding tert-OH is 7. The number of nitrogens with two attached hydrogens (primary N) is 1. The Bertz CT molecular complexity index is 349. The van der Waals surface area contributed by atoms with Crippen molar-refractivity contribution >= 4 is 0 Å². The molecule has 23 heavy (non-hydrogen) atoms. The van der Waals surface area contributed by atoms with Crippen LogP contribution in [-0.4, -0.2) is 110 Å². The van der Waals surface area contributed by atoms with Crippen molar-refractivity contribution in [2.75, 3.05) is 13.2 Å². The molecule has 2 saturated heterocycles. The highest BCUT2D eigenvalue weighted by Crippen LogP contribution is 2.27. The van der Waals surface area contributed by atoms with Crippen LogP contribution >= 0.6 is 0 Å². The maximum atomic E-state index is 9.88. The topological polar surface area (TPSA) is 195 Å². The van der Waals surface area contributed by atoms with Crippen LogP contribution in [0, 0.1) is 0 Å². The molecule has 2 aliphatic rings. The Morgan fingerprint density at radius 2 is 1.17 bits per heavy atom. The average molecular weight is 341 g/mol. The third-order valence-corrected chi connectivity index (χ3v) is 4.05. The number of hydrogen-bond acceptors (Lipinski definition) is 11. The van der Waals surface area contributed by atoms with Crippen LogP contribution in [0.1, 0.15) is 0 Å². The predicted octanol–water partition coefficient (Wildman–Crippen LogP) is -5.43. The van der Waals surface area contributed by atoms with Gasteiger partial charge >= 0.3 is 0 Å². The zero-order chi connectivity index (χ0) is 17.3. The Morgan fingerprint density at radius 1 is 0.696 bits per heavy atom. The van der Waals surface area contributed by atoms with E-state index in [0.717, 1.165) is 0 Å². The van der Waals surface area contributed by atoms with Gasteiger partial charge in [-0.25, -0.2) is 0 Å². The van der Waals surface area contributed by atoms with Crippen LogP contribution in [0.25, 0.3) is 0 Å². The average Bonchev–Trinajstić information content (AvgIpc) is 2.55. The van der Waals surface area contributed by atoms with Crippen molar-refractivity contribution in [3.05, 3.63) is 0 Å². The molecule has 0 spiro atoms. The summed E-state index contributed by atoms with van der Waals surface area (Å²) in [6.45, 7) is -1.25. The summed E-state index contributed by atoms with van der Waals surface area (Å²) in [5, 5.41) is 67.0. The van der Waals surface area contributed by atoms with Crippen molar-refractivity contribution in [3.8, 4) is 0 Å². The fourth-order valence-corrected chi connectivity index (χ4v) is 2.54. The summed E-state index contributed by atoms with van der Waals surface area (Å²) in [5.74, 6) is 0. The van der Waals surface area contributed by atoms with Crippen molar-refractivity contribution in [2.24, 2.45) is 5.73 Å². The summed E-state index contributed by atoms with van der Waals surface area (Å²) >= 11 is 0. The fourth-order valence-electron chi connectivity index (χ4n) is 2.54. The first-order valence-electron chi connectivity index (χ1n) is 7.15. The Kier molecular flexibility index (Phi) is 6.27. The maximum Gasteiger partial charge on any atom is 0.189 e. The van der Waals surface area contributed by atoms with E-state index in [2.05, 4.69) is 0 Å². The number of ether oxygens (including phenoxy) is 3. The third-order valence-electron chi connectivity index (χ3n) is 4.05. The van der Waals surface area contributed by atoms with Crippen LogP contribution in [0.3, 0.4) is 0 Å². The van der Waals surface area contributed by atoms with E-state index in [9.17, 15) is 25.5 Å². The second-order valence-electron chi connectivity index (χ2n) is 5.62. The Labute approximate surface area is 131 Å². The third kappa shape index (κ3) is 3.65. The SMILES string of the molecule is N[C@@H]1[C@@H](O[C@H]2O[C@H](CO)[C@@H](O)[C@H](O)[C@H]2O)O[C@H](CO)[C@@H](O)[C@@H]1O. The fraction of sp³-hybridized carbons (Fsp3) is 1.00. The molecular formula is C12H23NO10. The molecule has 2 fully saturated rings. The summed E-state index contributed by atoms with van der Waals surface area (Å²) in [6.07, 6.45) is -13.0. The van der Waals surface area contributed by atoms with E-state index < -0.39 is 74.6 Å². The summed E-state index contributed by atoms with van der Waals surface area (Å²) in [4.78, 5) is 0. The molecule has 0 aromatic carbocycles. The highest BCUT2D eigenvalue weighted by molar-refractivity contribution is 4.93. The first-order chi connectivity index (χ1) is 10.8. The molecule has 136 valence electrons. The van der Waals surface area contributed by atoms with Crippen LogP contribution in [0.2, 0.25) is 0 Å². The van der Waals surface area contributed by atoms with Crippen molar-refractivity contribution in [1.29, 1.82) is 0 Å². The van der Waals surface area contributed by atoms with E-state index >= 15 is 0 Å². The van der Waals surface area contributed by atoms with Gasteiger partial charge in [-0.05, 0) is 0 Å². The minimum Gasteiger partial charge on any atom is -0.394 e. The molecule has 2 aliphatic heterocycles. The van der Waals surface area contributed by atoms with E-state index in [1.165, 1.54) is 0 Å². The second kappa shape index (κ2) is 7.63. The molecule has 0 saturated carbocycles. The molecule has 0 amide bonds. The molecule has 0 aromatic heterocycles. The van der Waals surface area contributed by atoms with Gasteiger partial charge in [0.05, 0.1) is 19.3 Å². The minimum absolute atomic E-state index is 0.612. The van der Waals surface area contributed by atoms with Gasteiger partial charge in [0.1, 0.15) is 42.7 Å². The first kappa shape index (κ1) is 18.9. The number of rotatable bonds is 4. The Morgan fingerprint density at radius 3 is 1.70 bits per heavy atom. The molecule has 2 heterocycles. The van der Waals surface area contributed by atoms with Crippen LogP contribution in [0.5, 0.6) is 0 Å². The predicted molar refractivity (Wildman–Crippen MR) is 70.6 cm³/mol. The normalized spacial score (nSPS) is 51.7. The quantitative estimate of drug-likeness (QED) is 0.243. The first-order valence-corrected chi connectivity index (χ1v) is 7.15. The van der Waals surface area contributed by atoms with Gasteiger partial charge in [-0.1, -0.05) is 0 Å². The summed E-state index contributed by atoms with van der Waals surface area (Å²) in [5.41, 5.74) is 5.68. The summed E-state index contributed by atoms with van der Waals surface area (Å²) < 4.78 is 15.6. The molecule has 2 rings (SSSR count). The molecule has 10 atom stereocenters. The molecule has 11 nitrogen and oxygen atoms in total. The summed E-state index contributed by atoms with van der Waals surface area (Å²) in [7, 11) is 0. The molecule has 0 bridgehead atoms. The second-order valence-corrected chi connectivity index (χ2v) is 5.62. The Hall–Kier alpha value is -0.440. The van der Waals surface area contributed by atoms with Gasteiger partial charge in [-0.2, -0.15) is 0 Å². The lowest BCUT2D eigenvalue weighted by Crippen LogP contribution is -2.65. The van der Waals surface area contributed by atoms with Gasteiger partial charge in [0.25, 0.3) is 0 Å². The Balaban J connectivity index is 2.07. The van der Waals surface area contributed by atoms with Crippen molar-refractivity contribution in [1.82, 2.24) is 0 Å². The minimum atomic E-state index is -1.67.